The number of carbonyl (C=O) groups excluding carboxylic acids is 2. The standard InChI is InChI=1S/C24H30O5/c1-4-7-12-18-13-11-17-21(19(18)14-8-5-2)28-24(26)29-22-16-10-9-15-20(22)23(25)27-6-3/h9-11,13,15-17H,4-8,12,14H2,1-3H3. The number of esters is 1. The van der Waals surface area contributed by atoms with Crippen LogP contribution in [0.15, 0.2) is 42.5 Å². The third-order valence-electron chi connectivity index (χ3n) is 4.58. The molecule has 2 rings (SSSR count). The highest BCUT2D eigenvalue weighted by Crippen LogP contribution is 2.27. The molecule has 0 amide bonds. The summed E-state index contributed by atoms with van der Waals surface area (Å²) in [6, 6.07) is 12.2. The van der Waals surface area contributed by atoms with Crippen LogP contribution in [0.5, 0.6) is 11.5 Å². The molecule has 0 aliphatic rings. The monoisotopic (exact) mass is 398 g/mol. The first kappa shape index (κ1) is 22.5. The van der Waals surface area contributed by atoms with Gasteiger partial charge in [0.25, 0.3) is 0 Å². The van der Waals surface area contributed by atoms with Crippen LogP contribution in [-0.4, -0.2) is 18.7 Å². The molecule has 29 heavy (non-hydrogen) atoms. The van der Waals surface area contributed by atoms with Crippen LogP contribution < -0.4 is 9.47 Å². The molecule has 0 saturated heterocycles. The first-order valence-corrected chi connectivity index (χ1v) is 10.4. The van der Waals surface area contributed by atoms with Crippen molar-refractivity contribution in [3.63, 3.8) is 0 Å². The molecule has 0 bridgehead atoms. The first-order chi connectivity index (χ1) is 14.1. The Morgan fingerprint density at radius 3 is 2.17 bits per heavy atom. The van der Waals surface area contributed by atoms with Gasteiger partial charge in [0.15, 0.2) is 0 Å². The van der Waals surface area contributed by atoms with Gasteiger partial charge in [0, 0.05) is 0 Å². The fraction of sp³-hybridized carbons (Fsp3) is 0.417. The highest BCUT2D eigenvalue weighted by atomic mass is 16.7. The van der Waals surface area contributed by atoms with Crippen LogP contribution in [0.1, 0.15) is 67.9 Å². The molecule has 0 aliphatic heterocycles. The minimum absolute atomic E-state index is 0.119. The third-order valence-corrected chi connectivity index (χ3v) is 4.58. The van der Waals surface area contributed by atoms with Crippen molar-refractivity contribution in [2.24, 2.45) is 0 Å². The molecule has 0 saturated carbocycles. The number of para-hydroxylation sites is 1. The van der Waals surface area contributed by atoms with E-state index in [1.54, 1.807) is 37.3 Å². The van der Waals surface area contributed by atoms with Gasteiger partial charge in [-0.15, -0.1) is 0 Å². The number of carbonyl (C=O) groups is 2. The van der Waals surface area contributed by atoms with E-state index < -0.39 is 12.1 Å². The van der Waals surface area contributed by atoms with Crippen molar-refractivity contribution in [2.45, 2.75) is 59.3 Å². The average molecular weight is 398 g/mol. The maximum Gasteiger partial charge on any atom is 0.519 e. The largest absolute Gasteiger partial charge is 0.519 e. The van der Waals surface area contributed by atoms with Crippen molar-refractivity contribution in [3.05, 3.63) is 59.2 Å². The summed E-state index contributed by atoms with van der Waals surface area (Å²) < 4.78 is 15.9. The van der Waals surface area contributed by atoms with Gasteiger partial charge >= 0.3 is 12.1 Å². The number of unbranched alkanes of at least 4 members (excludes halogenated alkanes) is 2. The van der Waals surface area contributed by atoms with Crippen molar-refractivity contribution in [2.75, 3.05) is 6.61 Å². The molecule has 5 nitrogen and oxygen atoms in total. The Bertz CT molecular complexity index is 813. The SMILES string of the molecule is CCCCc1cccc(OC(=O)Oc2ccccc2C(=O)OCC)c1CCCC. The zero-order valence-electron chi connectivity index (χ0n) is 17.5. The van der Waals surface area contributed by atoms with E-state index in [1.807, 2.05) is 6.07 Å². The van der Waals surface area contributed by atoms with Crippen LogP contribution in [0.2, 0.25) is 0 Å². The Hall–Kier alpha value is -2.82. The molecule has 0 radical (unpaired) electrons. The topological polar surface area (TPSA) is 61.8 Å². The molecule has 0 atom stereocenters. The van der Waals surface area contributed by atoms with Crippen molar-refractivity contribution >= 4 is 12.1 Å². The van der Waals surface area contributed by atoms with Gasteiger partial charge in [-0.2, -0.15) is 0 Å². The van der Waals surface area contributed by atoms with Crippen LogP contribution in [0.3, 0.4) is 0 Å². The van der Waals surface area contributed by atoms with Gasteiger partial charge in [-0.3, -0.25) is 0 Å². The van der Waals surface area contributed by atoms with Crippen molar-refractivity contribution in [1.29, 1.82) is 0 Å². The second-order valence-electron chi connectivity index (χ2n) is 6.77. The number of hydrogen-bond acceptors (Lipinski definition) is 5. The number of hydrogen-bond donors (Lipinski definition) is 0. The summed E-state index contributed by atoms with van der Waals surface area (Å²) in [7, 11) is 0. The van der Waals surface area contributed by atoms with E-state index in [0.29, 0.717) is 5.75 Å². The predicted molar refractivity (Wildman–Crippen MR) is 113 cm³/mol. The Balaban J connectivity index is 2.19. The molecule has 0 unspecified atom stereocenters. The fourth-order valence-electron chi connectivity index (χ4n) is 3.08. The molecule has 0 fully saturated rings. The Labute approximate surface area is 173 Å². The van der Waals surface area contributed by atoms with E-state index >= 15 is 0 Å². The van der Waals surface area contributed by atoms with Gasteiger partial charge in [0.2, 0.25) is 0 Å². The second-order valence-corrected chi connectivity index (χ2v) is 6.77. The molecule has 2 aromatic rings. The summed E-state index contributed by atoms with van der Waals surface area (Å²) in [6.45, 7) is 6.25. The van der Waals surface area contributed by atoms with E-state index in [2.05, 4.69) is 19.9 Å². The summed E-state index contributed by atoms with van der Waals surface area (Å²) in [6.07, 6.45) is 5.18. The maximum absolute atomic E-state index is 12.5. The molecular weight excluding hydrogens is 368 g/mol. The molecule has 5 heteroatoms. The lowest BCUT2D eigenvalue weighted by Gasteiger charge is -2.15. The van der Waals surface area contributed by atoms with Gasteiger partial charge in [0.05, 0.1) is 6.61 Å². The van der Waals surface area contributed by atoms with Crippen LogP contribution in [0, 0.1) is 0 Å². The predicted octanol–water partition coefficient (Wildman–Crippen LogP) is 6.13. The summed E-state index contributed by atoms with van der Waals surface area (Å²) in [5.74, 6) is 0.0972. The van der Waals surface area contributed by atoms with Crippen molar-refractivity contribution in [1.82, 2.24) is 0 Å². The van der Waals surface area contributed by atoms with Crippen LogP contribution in [0.25, 0.3) is 0 Å². The van der Waals surface area contributed by atoms with E-state index in [-0.39, 0.29) is 17.9 Å². The highest BCUT2D eigenvalue weighted by Gasteiger charge is 2.19. The summed E-state index contributed by atoms with van der Waals surface area (Å²) in [4.78, 5) is 24.5. The maximum atomic E-state index is 12.5. The number of rotatable bonds is 10. The van der Waals surface area contributed by atoms with Crippen LogP contribution in [0.4, 0.5) is 4.79 Å². The molecule has 0 aliphatic carbocycles. The minimum Gasteiger partial charge on any atom is -0.462 e. The average Bonchev–Trinajstić information content (AvgIpc) is 2.72. The Kier molecular flexibility index (Phi) is 9.22. The summed E-state index contributed by atoms with van der Waals surface area (Å²) in [5, 5.41) is 0. The molecule has 0 aromatic heterocycles. The molecule has 2 aromatic carbocycles. The van der Waals surface area contributed by atoms with E-state index in [0.717, 1.165) is 44.1 Å². The fourth-order valence-corrected chi connectivity index (χ4v) is 3.08. The lowest BCUT2D eigenvalue weighted by atomic mass is 9.97. The van der Waals surface area contributed by atoms with Crippen molar-refractivity contribution < 1.29 is 23.8 Å². The summed E-state index contributed by atoms with van der Waals surface area (Å²) >= 11 is 0. The first-order valence-electron chi connectivity index (χ1n) is 10.4. The Morgan fingerprint density at radius 2 is 1.45 bits per heavy atom. The van der Waals surface area contributed by atoms with E-state index in [9.17, 15) is 9.59 Å². The molecule has 0 heterocycles. The second kappa shape index (κ2) is 11.9. The van der Waals surface area contributed by atoms with Gasteiger partial charge in [-0.1, -0.05) is 51.0 Å². The number of benzene rings is 2. The van der Waals surface area contributed by atoms with Gasteiger partial charge in [-0.05, 0) is 61.9 Å². The number of ether oxygens (including phenoxy) is 3. The quantitative estimate of drug-likeness (QED) is 0.356. The molecule has 0 spiro atoms. The van der Waals surface area contributed by atoms with Crippen LogP contribution in [-0.2, 0) is 17.6 Å². The van der Waals surface area contributed by atoms with Crippen LogP contribution >= 0.6 is 0 Å². The van der Waals surface area contributed by atoms with Crippen molar-refractivity contribution in [3.8, 4) is 11.5 Å². The molecule has 156 valence electrons. The van der Waals surface area contributed by atoms with E-state index in [1.165, 1.54) is 5.56 Å². The highest BCUT2D eigenvalue weighted by molar-refractivity contribution is 5.93. The normalized spacial score (nSPS) is 10.4. The molecule has 0 N–H and O–H groups in total. The molecular formula is C24H30O5. The zero-order valence-corrected chi connectivity index (χ0v) is 17.5. The third kappa shape index (κ3) is 6.63. The minimum atomic E-state index is -0.868. The summed E-state index contributed by atoms with van der Waals surface area (Å²) in [5.41, 5.74) is 2.45. The lowest BCUT2D eigenvalue weighted by molar-refractivity contribution is 0.0522. The van der Waals surface area contributed by atoms with Gasteiger partial charge in [0.1, 0.15) is 17.1 Å². The van der Waals surface area contributed by atoms with E-state index in [4.69, 9.17) is 14.2 Å². The lowest BCUT2D eigenvalue weighted by Crippen LogP contribution is -2.17. The number of aryl methyl sites for hydroxylation is 1. The zero-order chi connectivity index (χ0) is 21.1. The smallest absolute Gasteiger partial charge is 0.462 e. The van der Waals surface area contributed by atoms with Gasteiger partial charge in [-0.25, -0.2) is 9.59 Å². The Morgan fingerprint density at radius 1 is 0.793 bits per heavy atom. The van der Waals surface area contributed by atoms with Gasteiger partial charge < -0.3 is 14.2 Å².